The van der Waals surface area contributed by atoms with Gasteiger partial charge in [0.1, 0.15) is 5.75 Å². The first kappa shape index (κ1) is 27.2. The van der Waals surface area contributed by atoms with Crippen LogP contribution in [0.15, 0.2) is 56.8 Å². The molecule has 0 bridgehead atoms. The normalized spacial score (nSPS) is 14.8. The third-order valence-electron chi connectivity index (χ3n) is 6.43. The summed E-state index contributed by atoms with van der Waals surface area (Å²) >= 11 is 1.43. The van der Waals surface area contributed by atoms with Crippen molar-refractivity contribution in [3.63, 3.8) is 0 Å². The van der Waals surface area contributed by atoms with E-state index in [4.69, 9.17) is 9.26 Å². The zero-order valence-electron chi connectivity index (χ0n) is 21.5. The molecule has 1 saturated heterocycles. The van der Waals surface area contributed by atoms with Crippen molar-refractivity contribution in [2.24, 2.45) is 5.92 Å². The highest BCUT2D eigenvalue weighted by Gasteiger charge is 2.28. The summed E-state index contributed by atoms with van der Waals surface area (Å²) in [4.78, 5) is 20.3. The van der Waals surface area contributed by atoms with E-state index < -0.39 is 10.0 Å². The lowest BCUT2D eigenvalue weighted by Gasteiger charge is -2.31. The Balaban J connectivity index is 1.51. The van der Waals surface area contributed by atoms with Crippen LogP contribution in [0.25, 0.3) is 11.4 Å². The van der Waals surface area contributed by atoms with E-state index in [0.29, 0.717) is 37.0 Å². The molecule has 0 atom stereocenters. The van der Waals surface area contributed by atoms with Crippen LogP contribution in [0, 0.1) is 5.92 Å². The van der Waals surface area contributed by atoms with Crippen molar-refractivity contribution in [1.82, 2.24) is 19.3 Å². The number of thioether (sulfide) groups is 1. The maximum atomic E-state index is 13.4. The number of benzene rings is 2. The van der Waals surface area contributed by atoms with Crippen molar-refractivity contribution in [2.75, 3.05) is 33.0 Å². The molecule has 1 fully saturated rings. The van der Waals surface area contributed by atoms with Gasteiger partial charge in [0.05, 0.1) is 23.6 Å². The second-order valence-corrected chi connectivity index (χ2v) is 12.0. The number of carbonyl (C=O) groups excluding carboxylic acids is 1. The van der Waals surface area contributed by atoms with Crippen molar-refractivity contribution in [1.29, 1.82) is 0 Å². The van der Waals surface area contributed by atoms with Crippen LogP contribution >= 0.6 is 11.8 Å². The number of rotatable bonds is 9. The maximum absolute atomic E-state index is 13.4. The van der Waals surface area contributed by atoms with E-state index in [9.17, 15) is 13.2 Å². The number of nitrogens with zero attached hydrogens (tertiary/aromatic N) is 4. The molecule has 0 spiro atoms. The molecule has 0 aliphatic carbocycles. The van der Waals surface area contributed by atoms with E-state index in [1.807, 2.05) is 42.3 Å². The maximum Gasteiger partial charge on any atom is 0.255 e. The van der Waals surface area contributed by atoms with Crippen molar-refractivity contribution in [3.8, 4) is 17.1 Å². The highest BCUT2D eigenvalue weighted by atomic mass is 32.2. The molecule has 0 unspecified atom stereocenters. The Morgan fingerprint density at radius 3 is 2.54 bits per heavy atom. The van der Waals surface area contributed by atoms with Gasteiger partial charge in [0.15, 0.2) is 0 Å². The van der Waals surface area contributed by atoms with E-state index in [1.54, 1.807) is 6.07 Å². The first-order valence-electron chi connectivity index (χ1n) is 12.2. The number of aromatic nitrogens is 2. The molecule has 4 rings (SSSR count). The van der Waals surface area contributed by atoms with Crippen molar-refractivity contribution in [2.45, 2.75) is 43.0 Å². The second kappa shape index (κ2) is 11.7. The summed E-state index contributed by atoms with van der Waals surface area (Å²) in [5.74, 6) is 1.71. The predicted molar refractivity (Wildman–Crippen MR) is 142 cm³/mol. The van der Waals surface area contributed by atoms with Gasteiger partial charge in [0.25, 0.3) is 5.91 Å². The number of hydrogen-bond donors (Lipinski definition) is 0. The van der Waals surface area contributed by atoms with Gasteiger partial charge in [-0.1, -0.05) is 12.1 Å². The van der Waals surface area contributed by atoms with Crippen molar-refractivity contribution < 1.29 is 22.5 Å². The van der Waals surface area contributed by atoms with Crippen LogP contribution < -0.4 is 4.74 Å². The summed E-state index contributed by atoms with van der Waals surface area (Å²) in [6.45, 7) is 5.91. The summed E-state index contributed by atoms with van der Waals surface area (Å²) in [5.41, 5.74) is 1.14. The van der Waals surface area contributed by atoms with Crippen LogP contribution in [0.4, 0.5) is 0 Å². The highest BCUT2D eigenvalue weighted by molar-refractivity contribution is 7.98. The number of hydrogen-bond acceptors (Lipinski definition) is 8. The second-order valence-electron chi connectivity index (χ2n) is 9.07. The molecule has 198 valence electrons. The smallest absolute Gasteiger partial charge is 0.255 e. The molecule has 1 aromatic heterocycles. The average Bonchev–Trinajstić information content (AvgIpc) is 3.37. The van der Waals surface area contributed by atoms with Gasteiger partial charge in [0.2, 0.25) is 21.7 Å². The molecule has 11 heteroatoms. The summed E-state index contributed by atoms with van der Waals surface area (Å²) in [6, 6.07) is 12.0. The number of likely N-dealkylation sites (tertiary alicyclic amines) is 1. The molecule has 9 nitrogen and oxygen atoms in total. The molecule has 3 aromatic rings. The third-order valence-corrected chi connectivity index (χ3v) is 9.03. The Morgan fingerprint density at radius 2 is 1.89 bits per heavy atom. The van der Waals surface area contributed by atoms with Gasteiger partial charge in [0, 0.05) is 30.6 Å². The van der Waals surface area contributed by atoms with Gasteiger partial charge in [-0.25, -0.2) is 8.42 Å². The molecule has 0 radical (unpaired) electrons. The van der Waals surface area contributed by atoms with Crippen LogP contribution in [-0.4, -0.2) is 66.7 Å². The minimum absolute atomic E-state index is 0.0489. The molecule has 2 aromatic carbocycles. The largest absolute Gasteiger partial charge is 0.494 e. The van der Waals surface area contributed by atoms with Gasteiger partial charge in [-0.15, -0.1) is 11.8 Å². The molecule has 1 aliphatic rings. The lowest BCUT2D eigenvalue weighted by atomic mass is 9.98. The van der Waals surface area contributed by atoms with Gasteiger partial charge >= 0.3 is 0 Å². The standard InChI is InChI=1S/C26H32N4O5S2/c1-5-34-20-8-6-19(7-9-20)25-27-24(35-28-25)17-29(3)37(32,33)21-10-11-23(36-4)22(16-21)26(31)30-14-12-18(2)13-15-30/h6-11,16,18H,5,12-15,17H2,1-4H3. The zero-order valence-corrected chi connectivity index (χ0v) is 23.1. The van der Waals surface area contributed by atoms with Crippen molar-refractivity contribution >= 4 is 27.7 Å². The number of amides is 1. The van der Waals surface area contributed by atoms with Crippen LogP contribution in [-0.2, 0) is 16.6 Å². The van der Waals surface area contributed by atoms with Gasteiger partial charge in [-0.3, -0.25) is 4.79 Å². The SMILES string of the molecule is CCOc1ccc(-c2noc(CN(C)S(=O)(=O)c3ccc(SC)c(C(=O)N4CCC(C)CC4)c3)n2)cc1. The van der Waals surface area contributed by atoms with Crippen LogP contribution in [0.3, 0.4) is 0 Å². The Morgan fingerprint density at radius 1 is 1.19 bits per heavy atom. The summed E-state index contributed by atoms with van der Waals surface area (Å²) in [6.07, 6.45) is 3.77. The minimum Gasteiger partial charge on any atom is -0.494 e. The zero-order chi connectivity index (χ0) is 26.6. The predicted octanol–water partition coefficient (Wildman–Crippen LogP) is 4.55. The Labute approximate surface area is 222 Å². The summed E-state index contributed by atoms with van der Waals surface area (Å²) < 4.78 is 38.7. The summed E-state index contributed by atoms with van der Waals surface area (Å²) in [5, 5.41) is 3.99. The Bertz CT molecular complexity index is 1330. The molecule has 1 aliphatic heterocycles. The highest BCUT2D eigenvalue weighted by Crippen LogP contribution is 2.28. The number of ether oxygens (including phenoxy) is 1. The first-order valence-corrected chi connectivity index (χ1v) is 14.9. The fourth-order valence-corrected chi connectivity index (χ4v) is 5.87. The monoisotopic (exact) mass is 544 g/mol. The molecular weight excluding hydrogens is 512 g/mol. The Kier molecular flexibility index (Phi) is 8.56. The van der Waals surface area contributed by atoms with Crippen LogP contribution in [0.1, 0.15) is 42.9 Å². The topological polar surface area (TPSA) is 106 Å². The molecule has 2 heterocycles. The van der Waals surface area contributed by atoms with Gasteiger partial charge < -0.3 is 14.2 Å². The van der Waals surface area contributed by atoms with E-state index >= 15 is 0 Å². The molecular formula is C26H32N4O5S2. The molecule has 0 saturated carbocycles. The lowest BCUT2D eigenvalue weighted by Crippen LogP contribution is -2.38. The number of carbonyl (C=O) groups is 1. The van der Waals surface area contributed by atoms with Crippen molar-refractivity contribution in [3.05, 3.63) is 53.9 Å². The summed E-state index contributed by atoms with van der Waals surface area (Å²) in [7, 11) is -2.47. The van der Waals surface area contributed by atoms with E-state index in [1.165, 1.54) is 30.9 Å². The van der Waals surface area contributed by atoms with Crippen LogP contribution in [0.5, 0.6) is 5.75 Å². The fraction of sp³-hybridized carbons (Fsp3) is 0.423. The van der Waals surface area contributed by atoms with Crippen LogP contribution in [0.2, 0.25) is 0 Å². The van der Waals surface area contributed by atoms with Gasteiger partial charge in [-0.05, 0) is 74.4 Å². The van der Waals surface area contributed by atoms with E-state index in [-0.39, 0.29) is 23.2 Å². The minimum atomic E-state index is -3.92. The number of sulfonamides is 1. The quantitative estimate of drug-likeness (QED) is 0.361. The third kappa shape index (κ3) is 6.16. The van der Waals surface area contributed by atoms with Gasteiger partial charge in [-0.2, -0.15) is 9.29 Å². The lowest BCUT2D eigenvalue weighted by molar-refractivity contribution is 0.0693. The molecule has 37 heavy (non-hydrogen) atoms. The first-order chi connectivity index (χ1) is 17.7. The Hall–Kier alpha value is -2.89. The van der Waals surface area contributed by atoms with E-state index in [0.717, 1.165) is 33.4 Å². The van der Waals surface area contributed by atoms with E-state index in [2.05, 4.69) is 17.1 Å². The number of piperidine rings is 1. The fourth-order valence-electron chi connectivity index (χ4n) is 4.16. The average molecular weight is 545 g/mol. The molecule has 0 N–H and O–H groups in total. The molecule has 1 amide bonds.